The van der Waals surface area contributed by atoms with E-state index in [1.54, 1.807) is 13.8 Å². The summed E-state index contributed by atoms with van der Waals surface area (Å²) in [6.45, 7) is 3.22. The van der Waals surface area contributed by atoms with Crippen LogP contribution in [0.4, 0.5) is 4.39 Å². The summed E-state index contributed by atoms with van der Waals surface area (Å²) < 4.78 is 14.4. The summed E-state index contributed by atoms with van der Waals surface area (Å²) in [4.78, 5) is 0. The maximum atomic E-state index is 14.4. The molecule has 0 aliphatic rings. The number of rotatable bonds is 6. The van der Waals surface area contributed by atoms with Gasteiger partial charge in [0.2, 0.25) is 0 Å². The molecular formula is C28H28FP. The van der Waals surface area contributed by atoms with E-state index in [1.807, 2.05) is 12.1 Å². The van der Waals surface area contributed by atoms with Crippen molar-refractivity contribution in [2.45, 2.75) is 25.7 Å². The van der Waals surface area contributed by atoms with E-state index in [0.29, 0.717) is 0 Å². The Morgan fingerprint density at radius 2 is 0.933 bits per heavy atom. The summed E-state index contributed by atoms with van der Waals surface area (Å²) in [5, 5.41) is 4.16. The summed E-state index contributed by atoms with van der Waals surface area (Å²) in [6.07, 6.45) is 0.929. The first-order valence-corrected chi connectivity index (χ1v) is 12.7. The summed E-state index contributed by atoms with van der Waals surface area (Å²) >= 11 is 0. The molecule has 0 aromatic heterocycles. The van der Waals surface area contributed by atoms with Gasteiger partial charge in [-0.05, 0) is 0 Å². The minimum absolute atomic E-state index is 0.720. The molecule has 0 amide bonds. The normalized spacial score (nSPS) is 12.5. The van der Waals surface area contributed by atoms with Gasteiger partial charge >= 0.3 is 180 Å². The second-order valence-corrected chi connectivity index (χ2v) is 12.2. The quantitative estimate of drug-likeness (QED) is 0.334. The van der Waals surface area contributed by atoms with Crippen molar-refractivity contribution < 1.29 is 4.39 Å². The molecule has 2 heteroatoms. The predicted octanol–water partition coefficient (Wildman–Crippen LogP) is 6.12. The van der Waals surface area contributed by atoms with Crippen LogP contribution in [0.1, 0.15) is 25.0 Å². The third-order valence-corrected chi connectivity index (χ3v) is 10.8. The van der Waals surface area contributed by atoms with Crippen LogP contribution in [-0.4, -0.2) is 0 Å². The van der Waals surface area contributed by atoms with Crippen molar-refractivity contribution in [3.63, 3.8) is 0 Å². The van der Waals surface area contributed by atoms with E-state index < -0.39 is 12.9 Å². The number of alkyl halides is 1. The molecule has 0 N–H and O–H groups in total. The van der Waals surface area contributed by atoms with Crippen molar-refractivity contribution in [2.24, 2.45) is 0 Å². The molecule has 0 unspecified atom stereocenters. The SMILES string of the molecule is CC(C)(F)c1ccc(C[PH](c2ccccc2)(c2ccccc2)c2ccccc2)cc1. The number of hydrogen-bond donors (Lipinski definition) is 0. The van der Waals surface area contributed by atoms with Gasteiger partial charge in [0.15, 0.2) is 0 Å². The zero-order chi connectivity index (χ0) is 21.0. The van der Waals surface area contributed by atoms with E-state index in [0.717, 1.165) is 11.7 Å². The van der Waals surface area contributed by atoms with Crippen LogP contribution in [0.25, 0.3) is 0 Å². The Morgan fingerprint density at radius 1 is 0.567 bits per heavy atom. The summed E-state index contributed by atoms with van der Waals surface area (Å²) in [7, 11) is -2.32. The Morgan fingerprint density at radius 3 is 1.27 bits per heavy atom. The second kappa shape index (κ2) is 8.54. The summed E-state index contributed by atoms with van der Waals surface area (Å²) in [5.41, 5.74) is 0.634. The first kappa shape index (κ1) is 20.5. The summed E-state index contributed by atoms with van der Waals surface area (Å²) in [5.74, 6) is 0. The fourth-order valence-corrected chi connectivity index (χ4v) is 9.04. The van der Waals surface area contributed by atoms with Crippen molar-refractivity contribution in [1.29, 1.82) is 0 Å². The Labute approximate surface area is 179 Å². The minimum atomic E-state index is -2.32. The average molecular weight is 415 g/mol. The average Bonchev–Trinajstić information content (AvgIpc) is 2.79. The van der Waals surface area contributed by atoms with Gasteiger partial charge in [-0.2, -0.15) is 0 Å². The first-order valence-electron chi connectivity index (χ1n) is 10.4. The maximum absolute atomic E-state index is 14.4. The zero-order valence-electron chi connectivity index (χ0n) is 17.6. The molecule has 0 aliphatic heterocycles. The van der Waals surface area contributed by atoms with Gasteiger partial charge in [-0.1, -0.05) is 0 Å². The predicted molar refractivity (Wildman–Crippen MR) is 131 cm³/mol. The van der Waals surface area contributed by atoms with E-state index in [9.17, 15) is 4.39 Å². The van der Waals surface area contributed by atoms with Crippen LogP contribution in [-0.2, 0) is 11.8 Å². The van der Waals surface area contributed by atoms with Crippen LogP contribution < -0.4 is 15.9 Å². The van der Waals surface area contributed by atoms with E-state index in [-0.39, 0.29) is 0 Å². The van der Waals surface area contributed by atoms with E-state index >= 15 is 0 Å². The topological polar surface area (TPSA) is 0 Å². The van der Waals surface area contributed by atoms with Gasteiger partial charge in [0.05, 0.1) is 0 Å². The monoisotopic (exact) mass is 414 g/mol. The molecule has 4 aromatic carbocycles. The number of benzene rings is 4. The molecule has 0 fully saturated rings. The molecule has 0 saturated heterocycles. The Kier molecular flexibility index (Phi) is 5.84. The van der Waals surface area contributed by atoms with Crippen LogP contribution in [0, 0.1) is 0 Å². The van der Waals surface area contributed by atoms with Crippen molar-refractivity contribution in [2.75, 3.05) is 0 Å². The third-order valence-electron chi connectivity index (χ3n) is 5.91. The molecule has 0 spiro atoms. The molecule has 0 atom stereocenters. The van der Waals surface area contributed by atoms with Gasteiger partial charge < -0.3 is 0 Å². The van der Waals surface area contributed by atoms with Crippen LogP contribution in [0.3, 0.4) is 0 Å². The summed E-state index contributed by atoms with van der Waals surface area (Å²) in [6, 6.07) is 40.8. The fraction of sp³-hybridized carbons (Fsp3) is 0.143. The first-order chi connectivity index (χ1) is 14.5. The van der Waals surface area contributed by atoms with Gasteiger partial charge in [0.25, 0.3) is 0 Å². The van der Waals surface area contributed by atoms with E-state index in [4.69, 9.17) is 0 Å². The standard InChI is InChI=1S/C28H28FP/c1-28(2,29)24-20-18-23(19-21-24)22-30(25-12-6-3-7-13-25,26-14-8-4-9-15-26)27-16-10-5-11-17-27/h3-21,30H,22H2,1-2H3. The molecule has 0 aliphatic carbocycles. The van der Waals surface area contributed by atoms with Crippen LogP contribution >= 0.6 is 7.26 Å². The molecule has 0 nitrogen and oxygen atoms in total. The van der Waals surface area contributed by atoms with Crippen LogP contribution in [0.15, 0.2) is 115 Å². The van der Waals surface area contributed by atoms with Crippen molar-refractivity contribution >= 4 is 23.2 Å². The van der Waals surface area contributed by atoms with Gasteiger partial charge in [-0.15, -0.1) is 0 Å². The molecule has 152 valence electrons. The molecule has 0 radical (unpaired) electrons. The Balaban J connectivity index is 1.91. The van der Waals surface area contributed by atoms with Gasteiger partial charge in [0, 0.05) is 0 Å². The van der Waals surface area contributed by atoms with Gasteiger partial charge in [-0.3, -0.25) is 0 Å². The second-order valence-electron chi connectivity index (χ2n) is 8.35. The van der Waals surface area contributed by atoms with Crippen LogP contribution in [0.5, 0.6) is 0 Å². The third kappa shape index (κ3) is 4.09. The Hall–Kier alpha value is -2.76. The molecule has 30 heavy (non-hydrogen) atoms. The molecule has 0 heterocycles. The Bertz CT molecular complexity index is 970. The van der Waals surface area contributed by atoms with Gasteiger partial charge in [0.1, 0.15) is 0 Å². The van der Waals surface area contributed by atoms with Crippen molar-refractivity contribution in [1.82, 2.24) is 0 Å². The van der Waals surface area contributed by atoms with E-state index in [2.05, 4.69) is 103 Å². The zero-order valence-corrected chi connectivity index (χ0v) is 18.6. The van der Waals surface area contributed by atoms with Crippen molar-refractivity contribution in [3.8, 4) is 0 Å². The van der Waals surface area contributed by atoms with Crippen LogP contribution in [0.2, 0.25) is 0 Å². The number of halogens is 1. The van der Waals surface area contributed by atoms with Crippen molar-refractivity contribution in [3.05, 3.63) is 126 Å². The molecule has 4 aromatic rings. The van der Waals surface area contributed by atoms with E-state index in [1.165, 1.54) is 21.5 Å². The molecular weight excluding hydrogens is 386 g/mol. The van der Waals surface area contributed by atoms with Gasteiger partial charge in [-0.25, -0.2) is 0 Å². The fourth-order valence-electron chi connectivity index (χ4n) is 4.30. The number of hydrogen-bond acceptors (Lipinski definition) is 0. The molecule has 4 rings (SSSR count). The molecule has 0 saturated carbocycles. The molecule has 0 bridgehead atoms.